The Kier molecular flexibility index (Phi) is 6.09. The number of rotatable bonds is 6. The fraction of sp³-hybridized carbons (Fsp3) is 0.538. The number of ether oxygens (including phenoxy) is 1. The molecular formula is C13H19BrFNO. The number of hydrogen-bond acceptors (Lipinski definition) is 2. The Hall–Kier alpha value is -0.450. The highest BCUT2D eigenvalue weighted by Crippen LogP contribution is 2.18. The highest BCUT2D eigenvalue weighted by atomic mass is 79.9. The summed E-state index contributed by atoms with van der Waals surface area (Å²) in [5, 5.41) is 3.32. The van der Waals surface area contributed by atoms with Gasteiger partial charge in [0.05, 0.1) is 6.10 Å². The van der Waals surface area contributed by atoms with E-state index in [0.29, 0.717) is 12.0 Å². The molecule has 0 aliphatic heterocycles. The SMILES string of the molecule is CCNC(Cc1cc(Br)ccc1F)C(C)OC. The molecule has 0 saturated carbocycles. The molecule has 0 bridgehead atoms. The van der Waals surface area contributed by atoms with Crippen LogP contribution in [0.2, 0.25) is 0 Å². The molecule has 0 radical (unpaired) electrons. The average molecular weight is 304 g/mol. The van der Waals surface area contributed by atoms with Gasteiger partial charge in [-0.15, -0.1) is 0 Å². The summed E-state index contributed by atoms with van der Waals surface area (Å²) < 4.78 is 19.9. The van der Waals surface area contributed by atoms with Gasteiger partial charge in [-0.1, -0.05) is 22.9 Å². The van der Waals surface area contributed by atoms with Crippen LogP contribution in [0.1, 0.15) is 19.4 Å². The third-order valence-corrected chi connectivity index (χ3v) is 3.35. The summed E-state index contributed by atoms with van der Waals surface area (Å²) in [6, 6.07) is 5.14. The van der Waals surface area contributed by atoms with Crippen LogP contribution in [0.5, 0.6) is 0 Å². The number of methoxy groups -OCH3 is 1. The van der Waals surface area contributed by atoms with Gasteiger partial charge >= 0.3 is 0 Å². The van der Waals surface area contributed by atoms with E-state index in [1.807, 2.05) is 19.9 Å². The lowest BCUT2D eigenvalue weighted by Gasteiger charge is -2.24. The Morgan fingerprint density at radius 2 is 2.18 bits per heavy atom. The van der Waals surface area contributed by atoms with Gasteiger partial charge in [-0.05, 0) is 43.7 Å². The first kappa shape index (κ1) is 14.6. The maximum Gasteiger partial charge on any atom is 0.126 e. The second-order valence-electron chi connectivity index (χ2n) is 4.04. The van der Waals surface area contributed by atoms with Gasteiger partial charge in [0.2, 0.25) is 0 Å². The molecule has 0 fully saturated rings. The summed E-state index contributed by atoms with van der Waals surface area (Å²) in [5.41, 5.74) is 0.703. The Bertz CT molecular complexity index is 359. The van der Waals surface area contributed by atoms with Gasteiger partial charge in [0, 0.05) is 17.6 Å². The molecule has 0 aromatic heterocycles. The molecule has 1 aromatic rings. The van der Waals surface area contributed by atoms with Crippen molar-refractivity contribution < 1.29 is 9.13 Å². The molecule has 0 heterocycles. The first-order valence-electron chi connectivity index (χ1n) is 5.78. The highest BCUT2D eigenvalue weighted by molar-refractivity contribution is 9.10. The van der Waals surface area contributed by atoms with E-state index >= 15 is 0 Å². The topological polar surface area (TPSA) is 21.3 Å². The second-order valence-corrected chi connectivity index (χ2v) is 4.96. The molecular weight excluding hydrogens is 285 g/mol. The van der Waals surface area contributed by atoms with Gasteiger partial charge in [0.1, 0.15) is 5.82 Å². The fourth-order valence-electron chi connectivity index (χ4n) is 1.77. The van der Waals surface area contributed by atoms with E-state index in [1.54, 1.807) is 13.2 Å². The number of nitrogens with one attached hydrogen (secondary N) is 1. The molecule has 1 aromatic carbocycles. The minimum atomic E-state index is -0.167. The van der Waals surface area contributed by atoms with E-state index in [-0.39, 0.29) is 18.0 Å². The lowest BCUT2D eigenvalue weighted by molar-refractivity contribution is 0.0833. The molecule has 1 rings (SSSR count). The summed E-state index contributed by atoms with van der Waals surface area (Å²) in [6.45, 7) is 4.86. The monoisotopic (exact) mass is 303 g/mol. The standard InChI is InChI=1S/C13H19BrFNO/c1-4-16-13(9(2)17-3)8-10-7-11(14)5-6-12(10)15/h5-7,9,13,16H,4,8H2,1-3H3. The molecule has 17 heavy (non-hydrogen) atoms. The summed E-state index contributed by atoms with van der Waals surface area (Å²) >= 11 is 3.36. The van der Waals surface area contributed by atoms with Crippen LogP contribution in [0.4, 0.5) is 4.39 Å². The van der Waals surface area contributed by atoms with E-state index in [0.717, 1.165) is 11.0 Å². The second kappa shape index (κ2) is 7.09. The summed E-state index contributed by atoms with van der Waals surface area (Å²) in [4.78, 5) is 0. The molecule has 2 atom stereocenters. The van der Waals surface area contributed by atoms with Crippen molar-refractivity contribution >= 4 is 15.9 Å². The zero-order valence-corrected chi connectivity index (χ0v) is 12.1. The van der Waals surface area contributed by atoms with Crippen LogP contribution < -0.4 is 5.32 Å². The van der Waals surface area contributed by atoms with E-state index in [1.165, 1.54) is 6.07 Å². The van der Waals surface area contributed by atoms with Crippen molar-refractivity contribution in [2.45, 2.75) is 32.4 Å². The van der Waals surface area contributed by atoms with Gasteiger partial charge in [-0.25, -0.2) is 4.39 Å². The van der Waals surface area contributed by atoms with Crippen LogP contribution in [0, 0.1) is 5.82 Å². The molecule has 2 unspecified atom stereocenters. The lowest BCUT2D eigenvalue weighted by Crippen LogP contribution is -2.41. The van der Waals surface area contributed by atoms with E-state index in [4.69, 9.17) is 4.74 Å². The quantitative estimate of drug-likeness (QED) is 0.872. The van der Waals surface area contributed by atoms with Gasteiger partial charge in [-0.3, -0.25) is 0 Å². The van der Waals surface area contributed by atoms with Crippen LogP contribution in [0.3, 0.4) is 0 Å². The lowest BCUT2D eigenvalue weighted by atomic mass is 10.0. The summed E-state index contributed by atoms with van der Waals surface area (Å²) in [5.74, 6) is -0.167. The molecule has 0 spiro atoms. The van der Waals surface area contributed by atoms with Crippen LogP contribution in [-0.2, 0) is 11.2 Å². The maximum absolute atomic E-state index is 13.6. The summed E-state index contributed by atoms with van der Waals surface area (Å²) in [6.07, 6.45) is 0.669. The van der Waals surface area contributed by atoms with Crippen molar-refractivity contribution in [3.63, 3.8) is 0 Å². The van der Waals surface area contributed by atoms with Gasteiger partial charge in [0.25, 0.3) is 0 Å². The minimum Gasteiger partial charge on any atom is -0.380 e. The molecule has 0 saturated heterocycles. The molecule has 1 N–H and O–H groups in total. The van der Waals surface area contributed by atoms with E-state index < -0.39 is 0 Å². The smallest absolute Gasteiger partial charge is 0.126 e. The zero-order chi connectivity index (χ0) is 12.8. The number of hydrogen-bond donors (Lipinski definition) is 1. The normalized spacial score (nSPS) is 14.6. The Morgan fingerprint density at radius 1 is 1.47 bits per heavy atom. The van der Waals surface area contributed by atoms with Gasteiger partial charge in [0.15, 0.2) is 0 Å². The Morgan fingerprint density at radius 3 is 2.76 bits per heavy atom. The van der Waals surface area contributed by atoms with Crippen LogP contribution in [0.15, 0.2) is 22.7 Å². The molecule has 0 aliphatic carbocycles. The van der Waals surface area contributed by atoms with Crippen molar-refractivity contribution in [1.82, 2.24) is 5.32 Å². The predicted molar refractivity (Wildman–Crippen MR) is 71.7 cm³/mol. The highest BCUT2D eigenvalue weighted by Gasteiger charge is 2.18. The molecule has 4 heteroatoms. The largest absolute Gasteiger partial charge is 0.380 e. The van der Waals surface area contributed by atoms with Crippen molar-refractivity contribution in [2.75, 3.05) is 13.7 Å². The maximum atomic E-state index is 13.6. The fourth-order valence-corrected chi connectivity index (χ4v) is 2.18. The van der Waals surface area contributed by atoms with Crippen LogP contribution >= 0.6 is 15.9 Å². The van der Waals surface area contributed by atoms with Gasteiger partial charge < -0.3 is 10.1 Å². The minimum absolute atomic E-state index is 0.0494. The first-order valence-corrected chi connectivity index (χ1v) is 6.57. The average Bonchev–Trinajstić information content (AvgIpc) is 2.32. The van der Waals surface area contributed by atoms with E-state index in [9.17, 15) is 4.39 Å². The molecule has 2 nitrogen and oxygen atoms in total. The molecule has 0 amide bonds. The van der Waals surface area contributed by atoms with E-state index in [2.05, 4.69) is 21.2 Å². The van der Waals surface area contributed by atoms with Gasteiger partial charge in [-0.2, -0.15) is 0 Å². The van der Waals surface area contributed by atoms with Crippen molar-refractivity contribution in [3.8, 4) is 0 Å². The Labute approximate surface area is 111 Å². The third-order valence-electron chi connectivity index (χ3n) is 2.85. The van der Waals surface area contributed by atoms with Crippen molar-refractivity contribution in [2.24, 2.45) is 0 Å². The first-order chi connectivity index (χ1) is 8.08. The zero-order valence-electron chi connectivity index (χ0n) is 10.5. The number of benzene rings is 1. The van der Waals surface area contributed by atoms with Crippen LogP contribution in [0.25, 0.3) is 0 Å². The summed E-state index contributed by atoms with van der Waals surface area (Å²) in [7, 11) is 1.67. The predicted octanol–water partition coefficient (Wildman–Crippen LogP) is 3.14. The Balaban J connectivity index is 2.81. The molecule has 0 aliphatic rings. The third kappa shape index (κ3) is 4.37. The van der Waals surface area contributed by atoms with Crippen molar-refractivity contribution in [1.29, 1.82) is 0 Å². The molecule has 96 valence electrons. The number of halogens is 2. The van der Waals surface area contributed by atoms with Crippen molar-refractivity contribution in [3.05, 3.63) is 34.1 Å². The number of likely N-dealkylation sites (N-methyl/N-ethyl adjacent to an activating group) is 1. The van der Waals surface area contributed by atoms with Crippen LogP contribution in [-0.4, -0.2) is 25.8 Å².